The summed E-state index contributed by atoms with van der Waals surface area (Å²) in [5, 5.41) is 2.80. The van der Waals surface area contributed by atoms with E-state index in [9.17, 15) is 19.2 Å². The van der Waals surface area contributed by atoms with E-state index in [-0.39, 0.29) is 24.3 Å². The molecule has 4 amide bonds. The molecule has 0 unspecified atom stereocenters. The van der Waals surface area contributed by atoms with Gasteiger partial charge >= 0.3 is 12.0 Å². The molecule has 1 N–H and O–H groups in total. The Bertz CT molecular complexity index is 629. The minimum Gasteiger partial charge on any atom is -0.454 e. The molecule has 0 aromatic heterocycles. The Morgan fingerprint density at radius 1 is 1.15 bits per heavy atom. The molecule has 1 aliphatic carbocycles. The molecule has 8 heteroatoms. The number of imide groups is 1. The summed E-state index contributed by atoms with van der Waals surface area (Å²) in [4.78, 5) is 52.0. The van der Waals surface area contributed by atoms with Gasteiger partial charge in [-0.3, -0.25) is 19.3 Å². The lowest BCUT2D eigenvalue weighted by molar-refractivity contribution is -0.154. The Morgan fingerprint density at radius 3 is 2.52 bits per heavy atom. The number of rotatable bonds is 4. The van der Waals surface area contributed by atoms with Gasteiger partial charge in [-0.1, -0.05) is 26.7 Å². The van der Waals surface area contributed by atoms with E-state index in [4.69, 9.17) is 4.74 Å². The largest absolute Gasteiger partial charge is 0.454 e. The van der Waals surface area contributed by atoms with Gasteiger partial charge in [0.15, 0.2) is 6.61 Å². The first kappa shape index (κ1) is 19.6. The number of nitrogens with one attached hydrogen (secondary N) is 1. The van der Waals surface area contributed by atoms with Gasteiger partial charge in [0.1, 0.15) is 12.1 Å². The molecule has 150 valence electrons. The fourth-order valence-electron chi connectivity index (χ4n) is 4.31. The highest BCUT2D eigenvalue weighted by Crippen LogP contribution is 2.38. The Morgan fingerprint density at radius 2 is 1.85 bits per heavy atom. The standard InChI is InChI=1S/C19H29N3O5/c1-13-6-9-21(10-7-13)15(23)12-27-16(24)11-22-17(25)19(20-18(22)26)8-4-3-5-14(19)2/h13-14H,3-12H2,1-2H3,(H,20,26)/t14-,19+/m1/s1. The quantitative estimate of drug-likeness (QED) is 0.586. The maximum atomic E-state index is 12.8. The molecule has 1 spiro atoms. The van der Waals surface area contributed by atoms with E-state index in [1.165, 1.54) is 0 Å². The zero-order valence-corrected chi connectivity index (χ0v) is 16.2. The summed E-state index contributed by atoms with van der Waals surface area (Å²) in [6.45, 7) is 4.65. The van der Waals surface area contributed by atoms with Crippen LogP contribution in [-0.4, -0.2) is 65.4 Å². The van der Waals surface area contributed by atoms with E-state index >= 15 is 0 Å². The SMILES string of the molecule is CC1CCN(C(=O)COC(=O)CN2C(=O)N[C@]3(CCCC[C@H]3C)C2=O)CC1. The van der Waals surface area contributed by atoms with Crippen molar-refractivity contribution < 1.29 is 23.9 Å². The third-order valence-electron chi connectivity index (χ3n) is 6.28. The van der Waals surface area contributed by atoms with Crippen LogP contribution >= 0.6 is 0 Å². The molecule has 0 radical (unpaired) electrons. The zero-order chi connectivity index (χ0) is 19.6. The first-order chi connectivity index (χ1) is 12.8. The second kappa shape index (κ2) is 7.86. The summed E-state index contributed by atoms with van der Waals surface area (Å²) in [5.41, 5.74) is -0.893. The van der Waals surface area contributed by atoms with E-state index in [1.807, 2.05) is 6.92 Å². The van der Waals surface area contributed by atoms with Crippen LogP contribution in [0.15, 0.2) is 0 Å². The Hall–Kier alpha value is -2.12. The molecule has 0 aromatic carbocycles. The molecule has 8 nitrogen and oxygen atoms in total. The number of nitrogens with zero attached hydrogens (tertiary/aromatic N) is 2. The van der Waals surface area contributed by atoms with Crippen LogP contribution in [0.1, 0.15) is 52.4 Å². The molecule has 3 rings (SSSR count). The third-order valence-corrected chi connectivity index (χ3v) is 6.28. The minimum atomic E-state index is -0.893. The van der Waals surface area contributed by atoms with Gasteiger partial charge in [-0.05, 0) is 37.5 Å². The topological polar surface area (TPSA) is 96.0 Å². The van der Waals surface area contributed by atoms with Crippen molar-refractivity contribution in [2.24, 2.45) is 11.8 Å². The van der Waals surface area contributed by atoms with Crippen molar-refractivity contribution in [3.8, 4) is 0 Å². The molecule has 0 bridgehead atoms. The molecule has 2 atom stereocenters. The van der Waals surface area contributed by atoms with Crippen molar-refractivity contribution in [2.75, 3.05) is 26.2 Å². The number of amides is 4. The van der Waals surface area contributed by atoms with Crippen molar-refractivity contribution in [3.05, 3.63) is 0 Å². The van der Waals surface area contributed by atoms with Gasteiger partial charge in [-0.25, -0.2) is 4.79 Å². The lowest BCUT2D eigenvalue weighted by Crippen LogP contribution is -2.54. The minimum absolute atomic E-state index is 0.0341. The van der Waals surface area contributed by atoms with Gasteiger partial charge in [0.25, 0.3) is 11.8 Å². The van der Waals surface area contributed by atoms with Gasteiger partial charge in [-0.2, -0.15) is 0 Å². The van der Waals surface area contributed by atoms with Gasteiger partial charge in [0, 0.05) is 13.1 Å². The lowest BCUT2D eigenvalue weighted by atomic mass is 9.73. The third kappa shape index (κ3) is 3.94. The summed E-state index contributed by atoms with van der Waals surface area (Å²) in [7, 11) is 0. The van der Waals surface area contributed by atoms with Crippen LogP contribution < -0.4 is 5.32 Å². The number of urea groups is 1. The molecule has 0 aromatic rings. The second-order valence-electron chi connectivity index (χ2n) is 8.16. The van der Waals surface area contributed by atoms with Crippen molar-refractivity contribution in [1.82, 2.24) is 15.1 Å². The smallest absolute Gasteiger partial charge is 0.326 e. The molecule has 1 saturated carbocycles. The number of piperidine rings is 1. The van der Waals surface area contributed by atoms with Gasteiger partial charge in [-0.15, -0.1) is 0 Å². The van der Waals surface area contributed by atoms with E-state index < -0.39 is 24.1 Å². The molecule has 2 saturated heterocycles. The van der Waals surface area contributed by atoms with Crippen LogP contribution in [0.4, 0.5) is 4.79 Å². The predicted octanol–water partition coefficient (Wildman–Crippen LogP) is 1.29. The van der Waals surface area contributed by atoms with E-state index in [1.54, 1.807) is 4.90 Å². The van der Waals surface area contributed by atoms with Crippen molar-refractivity contribution in [2.45, 2.75) is 57.9 Å². The monoisotopic (exact) mass is 379 g/mol. The fourth-order valence-corrected chi connectivity index (χ4v) is 4.31. The maximum absolute atomic E-state index is 12.8. The van der Waals surface area contributed by atoms with Crippen molar-refractivity contribution in [3.63, 3.8) is 0 Å². The molecular formula is C19H29N3O5. The average molecular weight is 379 g/mol. The zero-order valence-electron chi connectivity index (χ0n) is 16.2. The van der Waals surface area contributed by atoms with Crippen LogP contribution in [0.5, 0.6) is 0 Å². The first-order valence-corrected chi connectivity index (χ1v) is 9.91. The van der Waals surface area contributed by atoms with Crippen molar-refractivity contribution >= 4 is 23.8 Å². The summed E-state index contributed by atoms with van der Waals surface area (Å²) in [6.07, 6.45) is 5.26. The normalized spacial score (nSPS) is 29.2. The second-order valence-corrected chi connectivity index (χ2v) is 8.16. The first-order valence-electron chi connectivity index (χ1n) is 9.91. The van der Waals surface area contributed by atoms with E-state index in [0.29, 0.717) is 25.4 Å². The lowest BCUT2D eigenvalue weighted by Gasteiger charge is -2.36. The maximum Gasteiger partial charge on any atom is 0.326 e. The van der Waals surface area contributed by atoms with Crippen molar-refractivity contribution in [1.29, 1.82) is 0 Å². The van der Waals surface area contributed by atoms with Gasteiger partial charge in [0.2, 0.25) is 0 Å². The molecule has 3 fully saturated rings. The predicted molar refractivity (Wildman–Crippen MR) is 96.5 cm³/mol. The summed E-state index contributed by atoms with van der Waals surface area (Å²) in [5.74, 6) is -0.687. The van der Waals surface area contributed by atoms with E-state index in [0.717, 1.165) is 37.0 Å². The summed E-state index contributed by atoms with van der Waals surface area (Å²) in [6, 6.07) is -0.554. The van der Waals surface area contributed by atoms with Gasteiger partial charge in [0.05, 0.1) is 0 Å². The highest BCUT2D eigenvalue weighted by atomic mass is 16.5. The number of ether oxygens (including phenoxy) is 1. The Balaban J connectivity index is 1.51. The average Bonchev–Trinajstić information content (AvgIpc) is 2.88. The molecular weight excluding hydrogens is 350 g/mol. The highest BCUT2D eigenvalue weighted by molar-refractivity contribution is 6.09. The molecule has 2 aliphatic heterocycles. The van der Waals surface area contributed by atoms with Crippen LogP contribution in [0.25, 0.3) is 0 Å². The van der Waals surface area contributed by atoms with Gasteiger partial charge < -0.3 is 15.0 Å². The summed E-state index contributed by atoms with van der Waals surface area (Å²) < 4.78 is 5.04. The summed E-state index contributed by atoms with van der Waals surface area (Å²) >= 11 is 0. The number of esters is 1. The number of likely N-dealkylation sites (tertiary alicyclic amines) is 1. The molecule has 3 aliphatic rings. The highest BCUT2D eigenvalue weighted by Gasteiger charge is 2.55. The van der Waals surface area contributed by atoms with E-state index in [2.05, 4.69) is 12.2 Å². The Labute approximate surface area is 159 Å². The van der Waals surface area contributed by atoms with Crippen LogP contribution in [0.2, 0.25) is 0 Å². The van der Waals surface area contributed by atoms with Crippen LogP contribution in [0.3, 0.4) is 0 Å². The van der Waals surface area contributed by atoms with Crippen LogP contribution in [-0.2, 0) is 19.1 Å². The number of hydrogen-bond acceptors (Lipinski definition) is 5. The Kier molecular flexibility index (Phi) is 5.72. The fraction of sp³-hybridized carbons (Fsp3) is 0.789. The molecule has 2 heterocycles. The number of hydrogen-bond donors (Lipinski definition) is 1. The van der Waals surface area contributed by atoms with Crippen LogP contribution in [0, 0.1) is 11.8 Å². The molecule has 27 heavy (non-hydrogen) atoms. The number of carbonyl (C=O) groups is 4. The number of carbonyl (C=O) groups excluding carboxylic acids is 4.